The first-order chi connectivity index (χ1) is 18.2. The highest BCUT2D eigenvalue weighted by Crippen LogP contribution is 2.35. The molecule has 0 fully saturated rings. The van der Waals surface area contributed by atoms with Crippen LogP contribution in [0.25, 0.3) is 0 Å². The number of carbonyl (C=O) groups is 1. The molecular weight excluding hydrogens is 470 g/mol. The second-order valence-electron chi connectivity index (χ2n) is 10.1. The molecule has 1 aliphatic heterocycles. The van der Waals surface area contributed by atoms with Crippen LogP contribution >= 0.6 is 0 Å². The first-order valence-corrected chi connectivity index (χ1v) is 12.9. The molecule has 1 unspecified atom stereocenters. The SMILES string of the molecule is O=C(Cc1nnc(C2CCCc3cnc(NC4Cc5ccccc5C4)nc32)o1)N1CCc2nn[nH]c2C1. The predicted molar refractivity (Wildman–Crippen MR) is 132 cm³/mol. The minimum Gasteiger partial charge on any atom is -0.424 e. The molecule has 4 heterocycles. The average Bonchev–Trinajstić information content (AvgIpc) is 3.67. The highest BCUT2D eigenvalue weighted by atomic mass is 16.4. The number of carbonyl (C=O) groups excluding carboxylic acids is 1. The number of amides is 1. The van der Waals surface area contributed by atoms with Gasteiger partial charge in [0.25, 0.3) is 0 Å². The molecule has 37 heavy (non-hydrogen) atoms. The number of benzene rings is 1. The molecule has 1 atom stereocenters. The number of hydrogen-bond acceptors (Lipinski definition) is 9. The molecule has 2 aliphatic carbocycles. The Labute approximate surface area is 213 Å². The molecule has 188 valence electrons. The first-order valence-electron chi connectivity index (χ1n) is 12.9. The summed E-state index contributed by atoms with van der Waals surface area (Å²) in [5, 5.41) is 22.8. The van der Waals surface area contributed by atoms with Gasteiger partial charge in [0.1, 0.15) is 6.42 Å². The van der Waals surface area contributed by atoms with Crippen molar-refractivity contribution in [3.8, 4) is 0 Å². The van der Waals surface area contributed by atoms with E-state index in [1.165, 1.54) is 11.1 Å². The molecular formula is C26H27N9O2. The highest BCUT2D eigenvalue weighted by Gasteiger charge is 2.31. The number of hydrogen-bond donors (Lipinski definition) is 2. The van der Waals surface area contributed by atoms with Crippen molar-refractivity contribution in [3.63, 3.8) is 0 Å². The van der Waals surface area contributed by atoms with Gasteiger partial charge in [-0.2, -0.15) is 0 Å². The lowest BCUT2D eigenvalue weighted by atomic mass is 9.87. The molecule has 0 bridgehead atoms. The third kappa shape index (κ3) is 4.24. The van der Waals surface area contributed by atoms with Crippen LogP contribution in [0.3, 0.4) is 0 Å². The highest BCUT2D eigenvalue weighted by molar-refractivity contribution is 5.78. The summed E-state index contributed by atoms with van der Waals surface area (Å²) in [5.74, 6) is 1.33. The molecule has 3 aliphatic rings. The summed E-state index contributed by atoms with van der Waals surface area (Å²) in [4.78, 5) is 24.2. The largest absolute Gasteiger partial charge is 0.424 e. The maximum atomic E-state index is 12.9. The number of nitrogens with one attached hydrogen (secondary N) is 2. The van der Waals surface area contributed by atoms with E-state index in [0.29, 0.717) is 37.2 Å². The molecule has 1 amide bonds. The monoisotopic (exact) mass is 497 g/mol. The van der Waals surface area contributed by atoms with Crippen molar-refractivity contribution < 1.29 is 9.21 Å². The Bertz CT molecular complexity index is 1440. The average molecular weight is 498 g/mol. The quantitative estimate of drug-likeness (QED) is 0.425. The number of nitrogens with zero attached hydrogens (tertiary/aromatic N) is 7. The number of H-pyrrole nitrogens is 1. The number of fused-ring (bicyclic) bond motifs is 3. The fraction of sp³-hybridized carbons (Fsp3) is 0.423. The smallest absolute Gasteiger partial charge is 0.232 e. The lowest BCUT2D eigenvalue weighted by molar-refractivity contribution is -0.131. The van der Waals surface area contributed by atoms with E-state index in [4.69, 9.17) is 9.40 Å². The molecule has 2 N–H and O–H groups in total. The fourth-order valence-electron chi connectivity index (χ4n) is 5.74. The molecule has 0 saturated carbocycles. The van der Waals surface area contributed by atoms with Crippen LogP contribution in [0.5, 0.6) is 0 Å². The van der Waals surface area contributed by atoms with Crippen LogP contribution in [0.15, 0.2) is 34.9 Å². The van der Waals surface area contributed by atoms with Crippen LogP contribution in [-0.4, -0.2) is 59.0 Å². The van der Waals surface area contributed by atoms with Crippen molar-refractivity contribution >= 4 is 11.9 Å². The molecule has 1 aromatic carbocycles. The van der Waals surface area contributed by atoms with Crippen LogP contribution < -0.4 is 5.32 Å². The Morgan fingerprint density at radius 2 is 1.97 bits per heavy atom. The zero-order chi connectivity index (χ0) is 24.8. The van der Waals surface area contributed by atoms with Crippen LogP contribution in [-0.2, 0) is 43.4 Å². The first kappa shape index (κ1) is 22.1. The summed E-state index contributed by atoms with van der Waals surface area (Å²) >= 11 is 0. The lowest BCUT2D eigenvalue weighted by Crippen LogP contribution is -2.37. The van der Waals surface area contributed by atoms with Crippen molar-refractivity contribution in [1.82, 2.24) is 40.5 Å². The van der Waals surface area contributed by atoms with Gasteiger partial charge < -0.3 is 14.6 Å². The van der Waals surface area contributed by atoms with Gasteiger partial charge in [-0.05, 0) is 48.8 Å². The maximum absolute atomic E-state index is 12.9. The minimum absolute atomic E-state index is 0.0501. The topological polar surface area (TPSA) is 139 Å². The Morgan fingerprint density at radius 3 is 2.84 bits per heavy atom. The van der Waals surface area contributed by atoms with Crippen molar-refractivity contribution in [2.24, 2.45) is 0 Å². The van der Waals surface area contributed by atoms with Gasteiger partial charge >= 0.3 is 0 Å². The van der Waals surface area contributed by atoms with Crippen molar-refractivity contribution in [2.75, 3.05) is 11.9 Å². The van der Waals surface area contributed by atoms with E-state index in [0.717, 1.165) is 54.7 Å². The van der Waals surface area contributed by atoms with Gasteiger partial charge in [-0.3, -0.25) is 9.89 Å². The van der Waals surface area contributed by atoms with Gasteiger partial charge in [0.2, 0.25) is 23.6 Å². The molecule has 3 aromatic heterocycles. The lowest BCUT2D eigenvalue weighted by Gasteiger charge is -2.25. The van der Waals surface area contributed by atoms with Gasteiger partial charge in [0.15, 0.2) is 0 Å². The number of rotatable bonds is 5. The Kier molecular flexibility index (Phi) is 5.40. The molecule has 11 nitrogen and oxygen atoms in total. The summed E-state index contributed by atoms with van der Waals surface area (Å²) in [6, 6.07) is 8.84. The number of aryl methyl sites for hydroxylation is 1. The summed E-state index contributed by atoms with van der Waals surface area (Å²) in [7, 11) is 0. The van der Waals surface area contributed by atoms with E-state index in [9.17, 15) is 4.79 Å². The maximum Gasteiger partial charge on any atom is 0.232 e. The van der Waals surface area contributed by atoms with Gasteiger partial charge in [-0.25, -0.2) is 9.97 Å². The summed E-state index contributed by atoms with van der Waals surface area (Å²) < 4.78 is 6.03. The van der Waals surface area contributed by atoms with E-state index < -0.39 is 0 Å². The minimum atomic E-state index is -0.0990. The second kappa shape index (κ2) is 9.06. The summed E-state index contributed by atoms with van der Waals surface area (Å²) in [5.41, 5.74) is 6.63. The molecule has 4 aromatic rings. The second-order valence-corrected chi connectivity index (χ2v) is 10.1. The Balaban J connectivity index is 1.05. The Morgan fingerprint density at radius 1 is 1.11 bits per heavy atom. The zero-order valence-corrected chi connectivity index (χ0v) is 20.4. The number of anilines is 1. The molecule has 7 rings (SSSR count). The van der Waals surface area contributed by atoms with Crippen molar-refractivity contribution in [3.05, 3.63) is 76.0 Å². The molecule has 0 radical (unpaired) electrons. The van der Waals surface area contributed by atoms with E-state index in [1.807, 2.05) is 6.20 Å². The number of aromatic nitrogens is 7. The van der Waals surface area contributed by atoms with Crippen molar-refractivity contribution in [2.45, 2.75) is 63.5 Å². The van der Waals surface area contributed by atoms with Crippen LogP contribution in [0.4, 0.5) is 5.95 Å². The van der Waals surface area contributed by atoms with Crippen LogP contribution in [0.2, 0.25) is 0 Å². The predicted octanol–water partition coefficient (Wildman–Crippen LogP) is 2.15. The van der Waals surface area contributed by atoms with E-state index in [-0.39, 0.29) is 24.3 Å². The third-order valence-corrected chi connectivity index (χ3v) is 7.66. The van der Waals surface area contributed by atoms with Gasteiger partial charge in [0, 0.05) is 25.2 Å². The number of aromatic amines is 1. The zero-order valence-electron chi connectivity index (χ0n) is 20.4. The van der Waals surface area contributed by atoms with Gasteiger partial charge in [-0.15, -0.1) is 15.3 Å². The normalized spacial score (nSPS) is 18.8. The summed E-state index contributed by atoms with van der Waals surface area (Å²) in [6.45, 7) is 1.07. The van der Waals surface area contributed by atoms with Crippen molar-refractivity contribution in [1.29, 1.82) is 0 Å². The molecule has 0 spiro atoms. The molecule has 11 heteroatoms. The van der Waals surface area contributed by atoms with Crippen LogP contribution in [0.1, 0.15) is 64.3 Å². The van der Waals surface area contributed by atoms with Gasteiger partial charge in [0.05, 0.1) is 29.5 Å². The van der Waals surface area contributed by atoms with E-state index in [2.05, 4.69) is 60.2 Å². The van der Waals surface area contributed by atoms with E-state index in [1.54, 1.807) is 4.90 Å². The Hall–Kier alpha value is -4.15. The standard InChI is InChI=1S/C26H27N9O2/c36-23(35-9-8-20-21(14-35)31-34-30-20)12-22-32-33-25(37-22)19-7-3-6-17-13-27-26(29-24(17)19)28-18-10-15-4-1-2-5-16(15)11-18/h1-2,4-5,13,18-19H,3,6-12,14H2,(H,27,28,29)(H,30,31,34). The molecule has 0 saturated heterocycles. The fourth-order valence-corrected chi connectivity index (χ4v) is 5.74. The van der Waals surface area contributed by atoms with Gasteiger partial charge in [-0.1, -0.05) is 29.5 Å². The summed E-state index contributed by atoms with van der Waals surface area (Å²) in [6.07, 6.45) is 7.42. The van der Waals surface area contributed by atoms with E-state index >= 15 is 0 Å². The van der Waals surface area contributed by atoms with Crippen LogP contribution in [0, 0.1) is 0 Å². The third-order valence-electron chi connectivity index (χ3n) is 7.66.